The van der Waals surface area contributed by atoms with E-state index < -0.39 is 16.6 Å². The molecule has 0 radical (unpaired) electrons. The molecule has 264 valence electrons. The van der Waals surface area contributed by atoms with Gasteiger partial charge in [-0.25, -0.2) is 0 Å². The van der Waals surface area contributed by atoms with E-state index in [-0.39, 0.29) is 10.1 Å². The average molecular weight is 697 g/mol. The molecule has 0 saturated heterocycles. The molecule has 0 aliphatic heterocycles. The zero-order valence-corrected chi connectivity index (χ0v) is 33.8. The highest BCUT2D eigenvalue weighted by Gasteiger charge is 2.41. The molecule has 4 aromatic carbocycles. The van der Waals surface area contributed by atoms with Gasteiger partial charge >= 0.3 is 0 Å². The topological polar surface area (TPSA) is 36.9 Å². The molecule has 0 aromatic heterocycles. The van der Waals surface area contributed by atoms with Crippen molar-refractivity contribution < 1.29 is 18.3 Å². The van der Waals surface area contributed by atoms with E-state index in [4.69, 9.17) is 18.3 Å². The van der Waals surface area contributed by atoms with Gasteiger partial charge in [0, 0.05) is 24.3 Å². The fourth-order valence-corrected chi connectivity index (χ4v) is 7.26. The predicted octanol–water partition coefficient (Wildman–Crippen LogP) is 12.0. The first-order valence-corrected chi connectivity index (χ1v) is 23.8. The molecule has 4 rings (SSSR count). The number of para-hydroxylation sites is 2. The van der Waals surface area contributed by atoms with Crippen LogP contribution in [0.3, 0.4) is 0 Å². The Morgan fingerprint density at radius 1 is 0.449 bits per heavy atom. The van der Waals surface area contributed by atoms with Gasteiger partial charge in [0.25, 0.3) is 16.6 Å². The Labute approximate surface area is 299 Å². The quantitative estimate of drug-likeness (QED) is 0.0863. The minimum atomic E-state index is -2.05. The first-order valence-electron chi connectivity index (χ1n) is 18.0. The van der Waals surface area contributed by atoms with Gasteiger partial charge in [-0.05, 0) is 77.8 Å². The van der Waals surface area contributed by atoms with Gasteiger partial charge in [0.2, 0.25) is 0 Å². The van der Waals surface area contributed by atoms with Crippen LogP contribution in [0.1, 0.15) is 59.1 Å². The molecule has 0 fully saturated rings. The standard InChI is InChI=1S/C43H60O4Si2/c1-42(2,3)48(7,8)46-40-36(24-17-26-38(40)34-20-13-11-14-21-34)28-32-44-30-19-31-45-33-29-37-25-18-27-39(35-22-15-12-16-23-35)41(37)47-49(9,10)43(4,5)6/h11-18,20-27H,19,28-33H2,1-10H3. The van der Waals surface area contributed by atoms with Crippen LogP contribution in [0.5, 0.6) is 11.5 Å². The molecule has 4 nitrogen and oxygen atoms in total. The lowest BCUT2D eigenvalue weighted by Crippen LogP contribution is -2.44. The molecular formula is C43H60O4Si2. The van der Waals surface area contributed by atoms with Crippen molar-refractivity contribution in [2.45, 2.75) is 97.1 Å². The van der Waals surface area contributed by atoms with E-state index in [1.807, 2.05) is 0 Å². The third kappa shape index (κ3) is 10.4. The third-order valence-electron chi connectivity index (χ3n) is 10.3. The monoisotopic (exact) mass is 696 g/mol. The van der Waals surface area contributed by atoms with E-state index in [0.717, 1.165) is 41.9 Å². The van der Waals surface area contributed by atoms with Crippen molar-refractivity contribution in [1.82, 2.24) is 0 Å². The van der Waals surface area contributed by atoms with Crippen LogP contribution >= 0.6 is 0 Å². The largest absolute Gasteiger partial charge is 0.543 e. The molecule has 0 bridgehead atoms. The maximum Gasteiger partial charge on any atom is 0.250 e. The molecule has 4 aromatic rings. The van der Waals surface area contributed by atoms with Crippen LogP contribution in [0.4, 0.5) is 0 Å². The van der Waals surface area contributed by atoms with Crippen molar-refractivity contribution in [1.29, 1.82) is 0 Å². The lowest BCUT2D eigenvalue weighted by molar-refractivity contribution is 0.0850. The molecular weight excluding hydrogens is 637 g/mol. The zero-order valence-electron chi connectivity index (χ0n) is 31.8. The van der Waals surface area contributed by atoms with Crippen molar-refractivity contribution in [3.8, 4) is 33.8 Å². The summed E-state index contributed by atoms with van der Waals surface area (Å²) in [4.78, 5) is 0. The molecule has 0 spiro atoms. The van der Waals surface area contributed by atoms with Gasteiger partial charge in [-0.1, -0.05) is 139 Å². The highest BCUT2D eigenvalue weighted by molar-refractivity contribution is 6.75. The fourth-order valence-electron chi connectivity index (χ4n) is 5.14. The van der Waals surface area contributed by atoms with Gasteiger partial charge in [-0.15, -0.1) is 0 Å². The van der Waals surface area contributed by atoms with Crippen molar-refractivity contribution in [3.63, 3.8) is 0 Å². The van der Waals surface area contributed by atoms with Gasteiger partial charge in [0.1, 0.15) is 11.5 Å². The molecule has 0 N–H and O–H groups in total. The van der Waals surface area contributed by atoms with Gasteiger partial charge in [0.15, 0.2) is 0 Å². The van der Waals surface area contributed by atoms with Crippen molar-refractivity contribution in [3.05, 3.63) is 108 Å². The predicted molar refractivity (Wildman–Crippen MR) is 213 cm³/mol. The van der Waals surface area contributed by atoms with Gasteiger partial charge < -0.3 is 18.3 Å². The zero-order chi connectivity index (χ0) is 35.7. The number of hydrogen-bond acceptors (Lipinski definition) is 4. The maximum absolute atomic E-state index is 6.98. The first-order chi connectivity index (χ1) is 23.1. The summed E-state index contributed by atoms with van der Waals surface area (Å²) in [5, 5.41) is 0.212. The van der Waals surface area contributed by atoms with E-state index in [1.54, 1.807) is 0 Å². The SMILES string of the molecule is CC(C)(C)[Si](C)(C)Oc1c(CCOCCCOCCc2cccc(-c3ccccc3)c2O[Si](C)(C)C(C)(C)C)cccc1-c1ccccc1. The summed E-state index contributed by atoms with van der Waals surface area (Å²) in [7, 11) is -4.09. The Balaban J connectivity index is 1.32. The first kappa shape index (κ1) is 38.6. The Morgan fingerprint density at radius 3 is 1.16 bits per heavy atom. The normalized spacial score (nSPS) is 12.6. The van der Waals surface area contributed by atoms with E-state index >= 15 is 0 Å². The summed E-state index contributed by atoms with van der Waals surface area (Å²) < 4.78 is 26.2. The van der Waals surface area contributed by atoms with Crippen LogP contribution in [-0.2, 0) is 22.3 Å². The lowest BCUT2D eigenvalue weighted by atomic mass is 10.0. The summed E-state index contributed by atoms with van der Waals surface area (Å²) in [5.41, 5.74) is 7.09. The summed E-state index contributed by atoms with van der Waals surface area (Å²) in [5.74, 6) is 2.03. The van der Waals surface area contributed by atoms with Crippen molar-refractivity contribution in [2.24, 2.45) is 0 Å². The number of hydrogen-bond donors (Lipinski definition) is 0. The van der Waals surface area contributed by atoms with Crippen LogP contribution in [0.25, 0.3) is 22.3 Å². The number of benzene rings is 4. The molecule has 0 unspecified atom stereocenters. The van der Waals surface area contributed by atoms with Crippen LogP contribution in [0.2, 0.25) is 36.3 Å². The molecule has 0 aliphatic carbocycles. The van der Waals surface area contributed by atoms with E-state index in [0.29, 0.717) is 26.4 Å². The Hall–Kier alpha value is -3.17. The second kappa shape index (κ2) is 16.7. The highest BCUT2D eigenvalue weighted by Crippen LogP contribution is 2.43. The molecule has 0 amide bonds. The summed E-state index contributed by atoms with van der Waals surface area (Å²) in [6, 6.07) is 34.2. The number of rotatable bonds is 16. The molecule has 49 heavy (non-hydrogen) atoms. The van der Waals surface area contributed by atoms with E-state index in [9.17, 15) is 0 Å². The second-order valence-electron chi connectivity index (χ2n) is 16.1. The van der Waals surface area contributed by atoms with Crippen LogP contribution in [0.15, 0.2) is 97.1 Å². The van der Waals surface area contributed by atoms with Crippen molar-refractivity contribution >= 4 is 16.6 Å². The second-order valence-corrected chi connectivity index (χ2v) is 25.6. The Kier molecular flexibility index (Phi) is 13.2. The van der Waals surface area contributed by atoms with Crippen LogP contribution in [0, 0.1) is 0 Å². The van der Waals surface area contributed by atoms with Gasteiger partial charge in [-0.2, -0.15) is 0 Å². The molecule has 6 heteroatoms. The summed E-state index contributed by atoms with van der Waals surface area (Å²) in [6.45, 7) is 25.6. The lowest BCUT2D eigenvalue weighted by Gasteiger charge is -2.37. The highest BCUT2D eigenvalue weighted by atomic mass is 28.4. The number of ether oxygens (including phenoxy) is 2. The Bertz CT molecular complexity index is 1480. The minimum absolute atomic E-state index is 0.106. The van der Waals surface area contributed by atoms with Gasteiger partial charge in [-0.3, -0.25) is 0 Å². The van der Waals surface area contributed by atoms with Crippen LogP contribution in [-0.4, -0.2) is 43.1 Å². The Morgan fingerprint density at radius 2 is 0.816 bits per heavy atom. The molecule has 0 heterocycles. The van der Waals surface area contributed by atoms with Crippen molar-refractivity contribution in [2.75, 3.05) is 26.4 Å². The smallest absolute Gasteiger partial charge is 0.250 e. The van der Waals surface area contributed by atoms with Crippen LogP contribution < -0.4 is 8.85 Å². The molecule has 0 atom stereocenters. The molecule has 0 saturated carbocycles. The van der Waals surface area contributed by atoms with E-state index in [1.165, 1.54) is 22.3 Å². The van der Waals surface area contributed by atoms with Gasteiger partial charge in [0.05, 0.1) is 13.2 Å². The summed E-state index contributed by atoms with van der Waals surface area (Å²) >= 11 is 0. The average Bonchev–Trinajstić information content (AvgIpc) is 3.04. The fraction of sp³-hybridized carbons (Fsp3) is 0.442. The summed E-state index contributed by atoms with van der Waals surface area (Å²) in [6.07, 6.45) is 2.47. The minimum Gasteiger partial charge on any atom is -0.543 e. The molecule has 0 aliphatic rings. The third-order valence-corrected chi connectivity index (χ3v) is 19.0. The maximum atomic E-state index is 6.98. The van der Waals surface area contributed by atoms with E-state index in [2.05, 4.69) is 165 Å².